The lowest BCUT2D eigenvalue weighted by Crippen LogP contribution is -2.56. The zero-order chi connectivity index (χ0) is 28.7. The summed E-state index contributed by atoms with van der Waals surface area (Å²) < 4.78 is 117. The summed E-state index contributed by atoms with van der Waals surface area (Å²) in [7, 11) is 0. The Hall–Kier alpha value is -2.92. The van der Waals surface area contributed by atoms with Crippen LogP contribution in [0, 0.1) is 0 Å². The van der Waals surface area contributed by atoms with Crippen molar-refractivity contribution in [2.24, 2.45) is 0 Å². The molecule has 0 bridgehead atoms. The van der Waals surface area contributed by atoms with Gasteiger partial charge in [0.15, 0.2) is 0 Å². The van der Waals surface area contributed by atoms with Crippen LogP contribution in [0.1, 0.15) is 42.9 Å². The van der Waals surface area contributed by atoms with Crippen LogP contribution >= 0.6 is 0 Å². The molecule has 2 aromatic rings. The summed E-state index contributed by atoms with van der Waals surface area (Å²) in [5, 5.41) is 11.4. The van der Waals surface area contributed by atoms with E-state index in [4.69, 9.17) is 4.74 Å². The van der Waals surface area contributed by atoms with Crippen LogP contribution in [0.3, 0.4) is 0 Å². The second kappa shape index (κ2) is 10.2. The maximum Gasteiger partial charge on any atom is 0.454 e. The van der Waals surface area contributed by atoms with Crippen LogP contribution in [0.5, 0.6) is 11.5 Å². The van der Waals surface area contributed by atoms with Gasteiger partial charge >= 0.3 is 18.3 Å². The minimum absolute atomic E-state index is 0.0308. The van der Waals surface area contributed by atoms with E-state index in [0.29, 0.717) is 18.7 Å². The maximum atomic E-state index is 15.2. The SMILES string of the molecule is CC(O)(NCC1=CC=CC(c2cccc(Oc3ccc4c(c3)CCCC4)c2)(C(F)(F)C(F)(F)F)C1)C(F)(F)F. The molecule has 0 saturated heterocycles. The highest BCUT2D eigenvalue weighted by molar-refractivity contribution is 5.47. The van der Waals surface area contributed by atoms with Crippen molar-refractivity contribution in [3.8, 4) is 11.5 Å². The van der Waals surface area contributed by atoms with Gasteiger partial charge in [-0.3, -0.25) is 5.32 Å². The summed E-state index contributed by atoms with van der Waals surface area (Å²) in [5.41, 5.74) is -4.71. The predicted octanol–water partition coefficient (Wildman–Crippen LogP) is 7.54. The summed E-state index contributed by atoms with van der Waals surface area (Å²) in [5.74, 6) is -4.86. The van der Waals surface area contributed by atoms with Gasteiger partial charge in [-0.05, 0) is 80.0 Å². The number of allylic oxidation sites excluding steroid dienone is 3. The number of hydrogen-bond acceptors (Lipinski definition) is 3. The van der Waals surface area contributed by atoms with E-state index in [1.54, 1.807) is 11.4 Å². The summed E-state index contributed by atoms with van der Waals surface area (Å²) in [6, 6.07) is 10.3. The number of alkyl halides is 8. The molecule has 0 heterocycles. The van der Waals surface area contributed by atoms with Crippen molar-refractivity contribution in [3.05, 3.63) is 83.0 Å². The molecule has 2 aliphatic carbocycles. The van der Waals surface area contributed by atoms with Gasteiger partial charge in [0, 0.05) is 6.54 Å². The molecule has 2 aliphatic rings. The Morgan fingerprint density at radius 1 is 0.872 bits per heavy atom. The van der Waals surface area contributed by atoms with Gasteiger partial charge < -0.3 is 9.84 Å². The van der Waals surface area contributed by atoms with E-state index in [9.17, 15) is 31.4 Å². The van der Waals surface area contributed by atoms with Crippen molar-refractivity contribution in [3.63, 3.8) is 0 Å². The normalized spacial score (nSPS) is 21.6. The van der Waals surface area contributed by atoms with Crippen LogP contribution in [0.2, 0.25) is 0 Å². The molecule has 2 aromatic carbocycles. The van der Waals surface area contributed by atoms with E-state index in [2.05, 4.69) is 0 Å². The smallest absolute Gasteiger partial charge is 0.454 e. The fourth-order valence-electron chi connectivity index (χ4n) is 4.93. The number of benzene rings is 2. The first-order valence-corrected chi connectivity index (χ1v) is 12.3. The number of fused-ring (bicyclic) bond motifs is 1. The first-order valence-electron chi connectivity index (χ1n) is 12.3. The zero-order valence-electron chi connectivity index (χ0n) is 20.9. The van der Waals surface area contributed by atoms with Crippen molar-refractivity contribution < 1.29 is 45.0 Å². The highest BCUT2D eigenvalue weighted by Crippen LogP contribution is 2.55. The Bertz CT molecular complexity index is 1260. The molecule has 0 radical (unpaired) electrons. The number of ether oxygens (including phenoxy) is 1. The third-order valence-electron chi connectivity index (χ3n) is 7.25. The van der Waals surface area contributed by atoms with Crippen molar-refractivity contribution in [2.45, 2.75) is 68.4 Å². The molecule has 0 amide bonds. The highest BCUT2D eigenvalue weighted by Gasteiger charge is 2.69. The average molecular weight is 562 g/mol. The number of nitrogens with one attached hydrogen (secondary N) is 1. The topological polar surface area (TPSA) is 41.5 Å². The van der Waals surface area contributed by atoms with Crippen molar-refractivity contribution in [1.29, 1.82) is 0 Å². The van der Waals surface area contributed by atoms with Crippen LogP contribution in [0.4, 0.5) is 35.1 Å². The van der Waals surface area contributed by atoms with Crippen LogP contribution in [-0.4, -0.2) is 35.7 Å². The van der Waals surface area contributed by atoms with Crippen LogP contribution < -0.4 is 10.1 Å². The lowest BCUT2D eigenvalue weighted by Gasteiger charge is -2.42. The van der Waals surface area contributed by atoms with Crippen LogP contribution in [0.15, 0.2) is 66.3 Å². The molecule has 2 unspecified atom stereocenters. The number of halogens is 8. The molecule has 0 spiro atoms. The molecular formula is C28H27F8NO2. The molecule has 0 saturated carbocycles. The molecule has 2 atom stereocenters. The second-order valence-electron chi connectivity index (χ2n) is 10.1. The lowest BCUT2D eigenvalue weighted by molar-refractivity contribution is -0.303. The highest BCUT2D eigenvalue weighted by atomic mass is 19.4. The molecule has 0 fully saturated rings. The standard InChI is InChI=1S/C28H27F8NO2/c1-24(38,27(31,32)33)37-17-18-6-5-13-25(16-18,26(29,30)28(34,35)36)21-9-4-10-22(15-21)39-23-12-11-19-7-2-3-8-20(19)14-23/h4-6,9-15,37-38H,2-3,7-8,16-17H2,1H3. The Kier molecular flexibility index (Phi) is 7.63. The molecular weight excluding hydrogens is 534 g/mol. The number of rotatable bonds is 7. The summed E-state index contributed by atoms with van der Waals surface area (Å²) in [4.78, 5) is 0. The first-order chi connectivity index (χ1) is 18.1. The fraction of sp³-hybridized carbons (Fsp3) is 0.429. The summed E-state index contributed by atoms with van der Waals surface area (Å²) in [6.45, 7) is -0.358. The number of hydrogen-bond donors (Lipinski definition) is 2. The Morgan fingerprint density at radius 2 is 1.54 bits per heavy atom. The van der Waals surface area contributed by atoms with Crippen molar-refractivity contribution in [1.82, 2.24) is 5.32 Å². The van der Waals surface area contributed by atoms with Crippen LogP contribution in [-0.2, 0) is 18.3 Å². The quantitative estimate of drug-likeness (QED) is 0.271. The van der Waals surface area contributed by atoms with Gasteiger partial charge in [0.2, 0.25) is 5.72 Å². The third kappa shape index (κ3) is 5.70. The van der Waals surface area contributed by atoms with Gasteiger partial charge in [0.05, 0.1) is 5.41 Å². The Labute approximate surface area is 220 Å². The van der Waals surface area contributed by atoms with E-state index in [0.717, 1.165) is 55.5 Å². The monoisotopic (exact) mass is 561 g/mol. The lowest BCUT2D eigenvalue weighted by atomic mass is 9.68. The summed E-state index contributed by atoms with van der Waals surface area (Å²) in [6.07, 6.45) is -5.36. The Balaban J connectivity index is 1.67. The van der Waals surface area contributed by atoms with Gasteiger partial charge in [-0.25, -0.2) is 0 Å². The molecule has 11 heteroatoms. The average Bonchev–Trinajstić information content (AvgIpc) is 2.86. The van der Waals surface area contributed by atoms with Gasteiger partial charge in [0.25, 0.3) is 0 Å². The Morgan fingerprint density at radius 3 is 2.21 bits per heavy atom. The fourth-order valence-corrected chi connectivity index (χ4v) is 4.93. The third-order valence-corrected chi connectivity index (χ3v) is 7.25. The second-order valence-corrected chi connectivity index (χ2v) is 10.1. The van der Waals surface area contributed by atoms with Gasteiger partial charge in [-0.1, -0.05) is 42.0 Å². The maximum absolute atomic E-state index is 15.2. The number of aryl methyl sites for hydroxylation is 2. The van der Waals surface area contributed by atoms with Crippen molar-refractivity contribution >= 4 is 0 Å². The first kappa shape index (κ1) is 29.1. The molecule has 4 rings (SSSR count). The van der Waals surface area contributed by atoms with Gasteiger partial charge in [-0.15, -0.1) is 0 Å². The van der Waals surface area contributed by atoms with E-state index in [1.807, 2.05) is 12.1 Å². The minimum Gasteiger partial charge on any atom is -0.457 e. The van der Waals surface area contributed by atoms with Gasteiger partial charge in [-0.2, -0.15) is 35.1 Å². The largest absolute Gasteiger partial charge is 0.457 e. The molecule has 39 heavy (non-hydrogen) atoms. The molecule has 2 N–H and O–H groups in total. The molecule has 0 aromatic heterocycles. The van der Waals surface area contributed by atoms with E-state index in [1.165, 1.54) is 17.7 Å². The van der Waals surface area contributed by atoms with Crippen LogP contribution in [0.25, 0.3) is 0 Å². The van der Waals surface area contributed by atoms with E-state index < -0.39 is 47.9 Å². The molecule has 0 aliphatic heterocycles. The van der Waals surface area contributed by atoms with Crippen molar-refractivity contribution in [2.75, 3.05) is 6.54 Å². The van der Waals surface area contributed by atoms with E-state index >= 15 is 8.78 Å². The van der Waals surface area contributed by atoms with Gasteiger partial charge in [0.1, 0.15) is 11.5 Å². The zero-order valence-corrected chi connectivity index (χ0v) is 20.9. The van der Waals surface area contributed by atoms with E-state index in [-0.39, 0.29) is 11.3 Å². The summed E-state index contributed by atoms with van der Waals surface area (Å²) >= 11 is 0. The molecule has 3 nitrogen and oxygen atoms in total. The number of aliphatic hydroxyl groups is 1. The predicted molar refractivity (Wildman–Crippen MR) is 129 cm³/mol. The minimum atomic E-state index is -5.97. The molecule has 212 valence electrons.